The third-order valence-electron chi connectivity index (χ3n) is 2.22. The molecule has 0 N–H and O–H groups in total. The lowest BCUT2D eigenvalue weighted by molar-refractivity contribution is 0.898. The first kappa shape index (κ1) is 10.2. The molecule has 0 amide bonds. The zero-order valence-corrected chi connectivity index (χ0v) is 11.4. The Bertz CT molecular complexity index is 658. The van der Waals surface area contributed by atoms with Crippen molar-refractivity contribution in [3.63, 3.8) is 0 Å². The number of nitrogens with zero attached hydrogens (tertiary/aromatic N) is 4. The highest BCUT2D eigenvalue weighted by molar-refractivity contribution is 14.1. The van der Waals surface area contributed by atoms with E-state index in [0.717, 1.165) is 21.4 Å². The standard InChI is InChI=1S/C10H7IN4S/c1-6-12-13-10-15(6)14-9(16-10)7-3-2-4-8(11)5-7/h2-5H,1H3. The van der Waals surface area contributed by atoms with Gasteiger partial charge in [0.25, 0.3) is 0 Å². The molecule has 0 fully saturated rings. The van der Waals surface area contributed by atoms with Crippen molar-refractivity contribution in [1.82, 2.24) is 19.8 Å². The third kappa shape index (κ3) is 1.61. The molecule has 3 aromatic rings. The topological polar surface area (TPSA) is 43.1 Å². The van der Waals surface area contributed by atoms with Crippen molar-refractivity contribution in [2.24, 2.45) is 0 Å². The number of hydrogen-bond donors (Lipinski definition) is 0. The first-order valence-corrected chi connectivity index (χ1v) is 6.58. The van der Waals surface area contributed by atoms with E-state index >= 15 is 0 Å². The van der Waals surface area contributed by atoms with Crippen LogP contribution in [0.4, 0.5) is 0 Å². The molecule has 0 spiro atoms. The van der Waals surface area contributed by atoms with Crippen LogP contribution in [0.2, 0.25) is 0 Å². The van der Waals surface area contributed by atoms with E-state index in [-0.39, 0.29) is 0 Å². The molecule has 2 aromatic heterocycles. The molecule has 0 saturated carbocycles. The summed E-state index contributed by atoms with van der Waals surface area (Å²) < 4.78 is 2.98. The van der Waals surface area contributed by atoms with Gasteiger partial charge in [-0.05, 0) is 41.6 Å². The quantitative estimate of drug-likeness (QED) is 0.639. The average Bonchev–Trinajstić information content (AvgIpc) is 2.81. The summed E-state index contributed by atoms with van der Waals surface area (Å²) in [5.74, 6) is 0.822. The van der Waals surface area contributed by atoms with Gasteiger partial charge < -0.3 is 0 Å². The summed E-state index contributed by atoms with van der Waals surface area (Å²) in [6.07, 6.45) is 0. The third-order valence-corrected chi connectivity index (χ3v) is 3.84. The number of benzene rings is 1. The molecule has 4 nitrogen and oxygen atoms in total. The molecule has 16 heavy (non-hydrogen) atoms. The Morgan fingerprint density at radius 2 is 2.19 bits per heavy atom. The lowest BCUT2D eigenvalue weighted by atomic mass is 10.2. The number of rotatable bonds is 1. The highest BCUT2D eigenvalue weighted by Crippen LogP contribution is 2.26. The van der Waals surface area contributed by atoms with Gasteiger partial charge in [-0.15, -0.1) is 10.2 Å². The van der Waals surface area contributed by atoms with Crippen LogP contribution in [-0.4, -0.2) is 19.8 Å². The molecule has 0 aliphatic rings. The zero-order valence-electron chi connectivity index (χ0n) is 8.38. The molecule has 0 aliphatic heterocycles. The van der Waals surface area contributed by atoms with E-state index < -0.39 is 0 Å². The summed E-state index contributed by atoms with van der Waals surface area (Å²) in [6, 6.07) is 8.27. The second-order valence-electron chi connectivity index (χ2n) is 3.36. The Hall–Kier alpha value is -1.02. The molecule has 0 aliphatic carbocycles. The molecule has 0 radical (unpaired) electrons. The van der Waals surface area contributed by atoms with Gasteiger partial charge in [0.1, 0.15) is 5.01 Å². The van der Waals surface area contributed by atoms with Gasteiger partial charge in [-0.1, -0.05) is 23.5 Å². The van der Waals surface area contributed by atoms with Crippen LogP contribution in [0.5, 0.6) is 0 Å². The van der Waals surface area contributed by atoms with Gasteiger partial charge in [-0.2, -0.15) is 9.61 Å². The minimum atomic E-state index is 0.822. The summed E-state index contributed by atoms with van der Waals surface area (Å²) in [5.41, 5.74) is 1.13. The van der Waals surface area contributed by atoms with Crippen molar-refractivity contribution in [1.29, 1.82) is 0 Å². The molecule has 0 atom stereocenters. The highest BCUT2D eigenvalue weighted by atomic mass is 127. The number of hydrogen-bond acceptors (Lipinski definition) is 4. The lowest BCUT2D eigenvalue weighted by Gasteiger charge is -1.95. The fraction of sp³-hybridized carbons (Fsp3) is 0.100. The maximum Gasteiger partial charge on any atom is 0.234 e. The normalized spacial score (nSPS) is 11.1. The molecular weight excluding hydrogens is 335 g/mol. The lowest BCUT2D eigenvalue weighted by Crippen LogP contribution is -1.88. The van der Waals surface area contributed by atoms with Gasteiger partial charge in [0.2, 0.25) is 4.96 Å². The molecule has 0 unspecified atom stereocenters. The summed E-state index contributed by atoms with van der Waals surface area (Å²) in [4.78, 5) is 0.839. The summed E-state index contributed by atoms with van der Waals surface area (Å²) >= 11 is 3.85. The number of aryl methyl sites for hydroxylation is 1. The van der Waals surface area contributed by atoms with Crippen LogP contribution in [0.3, 0.4) is 0 Å². The molecule has 6 heteroatoms. The Labute approximate surface area is 109 Å². The molecular formula is C10H7IN4S. The molecule has 0 bridgehead atoms. The Kier molecular flexibility index (Phi) is 2.40. The van der Waals surface area contributed by atoms with Crippen LogP contribution < -0.4 is 0 Å². The Balaban J connectivity index is 2.19. The largest absolute Gasteiger partial charge is 0.234 e. The van der Waals surface area contributed by atoms with E-state index in [2.05, 4.69) is 56.1 Å². The van der Waals surface area contributed by atoms with Crippen LogP contribution in [0.25, 0.3) is 15.5 Å². The molecule has 0 saturated heterocycles. The van der Waals surface area contributed by atoms with Gasteiger partial charge in [0.15, 0.2) is 5.82 Å². The first-order chi connectivity index (χ1) is 7.74. The fourth-order valence-corrected chi connectivity index (χ4v) is 2.88. The van der Waals surface area contributed by atoms with Gasteiger partial charge in [0, 0.05) is 9.13 Å². The van der Waals surface area contributed by atoms with Crippen molar-refractivity contribution >= 4 is 38.9 Å². The SMILES string of the molecule is Cc1nnc2sc(-c3cccc(I)c3)nn12. The number of halogens is 1. The first-order valence-electron chi connectivity index (χ1n) is 4.69. The minimum absolute atomic E-state index is 0.822. The summed E-state index contributed by atoms with van der Waals surface area (Å²) in [7, 11) is 0. The van der Waals surface area contributed by atoms with E-state index in [1.807, 2.05) is 13.0 Å². The Morgan fingerprint density at radius 3 is 2.94 bits per heavy atom. The summed E-state index contributed by atoms with van der Waals surface area (Å²) in [5, 5.41) is 13.5. The maximum atomic E-state index is 4.49. The van der Waals surface area contributed by atoms with E-state index in [9.17, 15) is 0 Å². The maximum absolute atomic E-state index is 4.49. The van der Waals surface area contributed by atoms with Gasteiger partial charge in [-0.3, -0.25) is 0 Å². The van der Waals surface area contributed by atoms with Crippen molar-refractivity contribution in [2.75, 3.05) is 0 Å². The monoisotopic (exact) mass is 342 g/mol. The van der Waals surface area contributed by atoms with E-state index in [4.69, 9.17) is 0 Å². The fourth-order valence-electron chi connectivity index (χ4n) is 1.45. The van der Waals surface area contributed by atoms with Crippen LogP contribution >= 0.6 is 33.9 Å². The van der Waals surface area contributed by atoms with Crippen molar-refractivity contribution in [2.45, 2.75) is 6.92 Å². The van der Waals surface area contributed by atoms with Gasteiger partial charge in [-0.25, -0.2) is 0 Å². The van der Waals surface area contributed by atoms with E-state index in [1.165, 1.54) is 3.57 Å². The zero-order chi connectivity index (χ0) is 11.1. The van der Waals surface area contributed by atoms with Crippen LogP contribution in [0.1, 0.15) is 5.82 Å². The van der Waals surface area contributed by atoms with Crippen molar-refractivity contribution < 1.29 is 0 Å². The van der Waals surface area contributed by atoms with Crippen LogP contribution in [0.15, 0.2) is 24.3 Å². The molecule has 80 valence electrons. The van der Waals surface area contributed by atoms with Gasteiger partial charge >= 0.3 is 0 Å². The van der Waals surface area contributed by atoms with Crippen LogP contribution in [-0.2, 0) is 0 Å². The van der Waals surface area contributed by atoms with E-state index in [1.54, 1.807) is 15.9 Å². The Morgan fingerprint density at radius 1 is 1.31 bits per heavy atom. The molecule has 2 heterocycles. The van der Waals surface area contributed by atoms with Crippen molar-refractivity contribution in [3.8, 4) is 10.6 Å². The van der Waals surface area contributed by atoms with Crippen LogP contribution in [0, 0.1) is 10.5 Å². The second kappa shape index (κ2) is 3.77. The van der Waals surface area contributed by atoms with Gasteiger partial charge in [0.05, 0.1) is 0 Å². The van der Waals surface area contributed by atoms with Crippen molar-refractivity contribution in [3.05, 3.63) is 33.7 Å². The smallest absolute Gasteiger partial charge is 0.187 e. The predicted octanol–water partition coefficient (Wildman–Crippen LogP) is 2.77. The predicted molar refractivity (Wildman–Crippen MR) is 71.5 cm³/mol. The highest BCUT2D eigenvalue weighted by Gasteiger charge is 2.10. The number of fused-ring (bicyclic) bond motifs is 1. The number of aromatic nitrogens is 4. The summed E-state index contributed by atoms with van der Waals surface area (Å²) in [6.45, 7) is 1.90. The molecule has 1 aromatic carbocycles. The minimum Gasteiger partial charge on any atom is -0.187 e. The van der Waals surface area contributed by atoms with E-state index in [0.29, 0.717) is 0 Å². The second-order valence-corrected chi connectivity index (χ2v) is 5.56. The molecule has 3 rings (SSSR count). The average molecular weight is 342 g/mol.